The van der Waals surface area contributed by atoms with Crippen molar-refractivity contribution in [3.63, 3.8) is 0 Å². The van der Waals surface area contributed by atoms with E-state index in [9.17, 15) is 17.8 Å². The molecule has 9 nitrogen and oxygen atoms in total. The number of ether oxygens (including phenoxy) is 1. The summed E-state index contributed by atoms with van der Waals surface area (Å²) in [5.41, 5.74) is 1.79. The van der Waals surface area contributed by atoms with Gasteiger partial charge in [0.1, 0.15) is 6.61 Å². The van der Waals surface area contributed by atoms with Gasteiger partial charge >= 0.3 is 13.6 Å². The number of piperidine rings is 1. The number of nitrogens with one attached hydrogen (secondary N) is 1. The molecule has 2 aromatic rings. The van der Waals surface area contributed by atoms with Crippen LogP contribution in [0.4, 0.5) is 5.69 Å². The molecule has 0 spiro atoms. The van der Waals surface area contributed by atoms with Gasteiger partial charge < -0.3 is 24.7 Å². The Morgan fingerprint density at radius 2 is 1.87 bits per heavy atom. The number of likely N-dealkylation sites (tertiary alicyclic amines) is 1. The molecule has 3 N–H and O–H groups in total. The lowest BCUT2D eigenvalue weighted by molar-refractivity contribution is -0.149. The van der Waals surface area contributed by atoms with E-state index >= 15 is 0 Å². The highest BCUT2D eigenvalue weighted by Crippen LogP contribution is 2.33. The lowest BCUT2D eigenvalue weighted by atomic mass is 9.97. The van der Waals surface area contributed by atoms with E-state index in [4.69, 9.17) is 14.5 Å². The van der Waals surface area contributed by atoms with Gasteiger partial charge in [0, 0.05) is 35.2 Å². The SMILES string of the molecule is Cc1cc(S(C)(=O)=O)ccc1N[C@H](CCN1CCC(C(=O)OCCP(=O)(O)O)CC1)CSc1ccccc1. The molecule has 0 bridgehead atoms. The Labute approximate surface area is 229 Å². The van der Waals surface area contributed by atoms with Crippen LogP contribution in [-0.2, 0) is 23.9 Å². The molecule has 0 amide bonds. The summed E-state index contributed by atoms with van der Waals surface area (Å²) in [5, 5.41) is 3.62. The van der Waals surface area contributed by atoms with Crippen LogP contribution in [0.15, 0.2) is 58.3 Å². The number of aryl methyl sites for hydroxylation is 1. The van der Waals surface area contributed by atoms with Crippen LogP contribution in [0, 0.1) is 12.8 Å². The van der Waals surface area contributed by atoms with Crippen LogP contribution < -0.4 is 5.32 Å². The Bertz CT molecular complexity index is 1210. The first-order valence-electron chi connectivity index (χ1n) is 12.6. The molecule has 1 aliphatic rings. The molecule has 1 heterocycles. The average molecular weight is 585 g/mol. The normalized spacial score (nSPS) is 16.2. The van der Waals surface area contributed by atoms with Crippen molar-refractivity contribution >= 4 is 40.9 Å². The second kappa shape index (κ2) is 14.0. The van der Waals surface area contributed by atoms with E-state index in [-0.39, 0.29) is 24.5 Å². The highest BCUT2D eigenvalue weighted by molar-refractivity contribution is 7.99. The third-order valence-corrected chi connectivity index (χ3v) is 9.57. The molecule has 0 saturated carbocycles. The highest BCUT2D eigenvalue weighted by Gasteiger charge is 2.27. The number of benzene rings is 2. The van der Waals surface area contributed by atoms with Gasteiger partial charge in [-0.2, -0.15) is 0 Å². The molecule has 0 aliphatic carbocycles. The van der Waals surface area contributed by atoms with Gasteiger partial charge in [-0.1, -0.05) is 18.2 Å². The van der Waals surface area contributed by atoms with Crippen LogP contribution in [0.2, 0.25) is 0 Å². The first-order chi connectivity index (χ1) is 17.9. The van der Waals surface area contributed by atoms with Gasteiger partial charge in [-0.15, -0.1) is 11.8 Å². The summed E-state index contributed by atoms with van der Waals surface area (Å²) in [7, 11) is -7.45. The quantitative estimate of drug-likeness (QED) is 0.181. The predicted octanol–water partition coefficient (Wildman–Crippen LogP) is 3.79. The molecular weight excluding hydrogens is 547 g/mol. The van der Waals surface area contributed by atoms with Gasteiger partial charge in [-0.25, -0.2) is 8.42 Å². The number of anilines is 1. The molecule has 1 saturated heterocycles. The van der Waals surface area contributed by atoms with Crippen LogP contribution in [0.3, 0.4) is 0 Å². The van der Waals surface area contributed by atoms with Crippen molar-refractivity contribution in [2.24, 2.45) is 5.92 Å². The van der Waals surface area contributed by atoms with E-state index in [0.717, 1.165) is 43.1 Å². The standard InChI is InChI=1S/C26H37N2O7PS2/c1-20-18-24(38(2,33)34)8-9-25(20)27-22(19-37-23-6-4-3-5-7-23)12-15-28-13-10-21(11-14-28)26(29)35-16-17-36(30,31)32/h3-9,18,21-22,27H,10-17,19H2,1-2H3,(H2,30,31,32)/t22-/m1/s1. The zero-order valence-electron chi connectivity index (χ0n) is 21.8. The molecule has 2 aromatic carbocycles. The monoisotopic (exact) mass is 584 g/mol. The molecular formula is C26H37N2O7PS2. The van der Waals surface area contributed by atoms with Crippen molar-refractivity contribution in [1.82, 2.24) is 4.90 Å². The fourth-order valence-electron chi connectivity index (χ4n) is 4.27. The second-order valence-corrected chi connectivity index (χ2v) is 14.6. The minimum Gasteiger partial charge on any atom is -0.465 e. The number of carbonyl (C=O) groups is 1. The number of carbonyl (C=O) groups excluding carboxylic acids is 1. The van der Waals surface area contributed by atoms with Crippen molar-refractivity contribution in [3.8, 4) is 0 Å². The lowest BCUT2D eigenvalue weighted by Gasteiger charge is -2.32. The summed E-state index contributed by atoms with van der Waals surface area (Å²) in [6.45, 7) is 3.98. The van der Waals surface area contributed by atoms with E-state index in [2.05, 4.69) is 22.3 Å². The van der Waals surface area contributed by atoms with Gasteiger partial charge in [0.15, 0.2) is 9.84 Å². The lowest BCUT2D eigenvalue weighted by Crippen LogP contribution is -2.39. The predicted molar refractivity (Wildman–Crippen MR) is 151 cm³/mol. The third kappa shape index (κ3) is 10.4. The number of esters is 1. The van der Waals surface area contributed by atoms with Crippen molar-refractivity contribution in [3.05, 3.63) is 54.1 Å². The smallest absolute Gasteiger partial charge is 0.328 e. The maximum atomic E-state index is 12.3. The first-order valence-corrected chi connectivity index (χ1v) is 17.3. The number of hydrogen-bond donors (Lipinski definition) is 3. The van der Waals surface area contributed by atoms with Crippen molar-refractivity contribution < 1.29 is 32.3 Å². The van der Waals surface area contributed by atoms with Crippen molar-refractivity contribution in [2.75, 3.05) is 49.7 Å². The minimum absolute atomic E-state index is 0.137. The Kier molecular flexibility index (Phi) is 11.3. The van der Waals surface area contributed by atoms with Crippen LogP contribution >= 0.6 is 19.4 Å². The molecule has 0 unspecified atom stereocenters. The fraction of sp³-hybridized carbons (Fsp3) is 0.500. The van der Waals surface area contributed by atoms with Crippen LogP contribution in [-0.4, -0.2) is 79.5 Å². The molecule has 0 radical (unpaired) electrons. The number of hydrogen-bond acceptors (Lipinski definition) is 8. The summed E-state index contributed by atoms with van der Waals surface area (Å²) in [4.78, 5) is 33.9. The highest BCUT2D eigenvalue weighted by atomic mass is 32.2. The fourth-order valence-corrected chi connectivity index (χ4v) is 6.30. The summed E-state index contributed by atoms with van der Waals surface area (Å²) in [6, 6.07) is 15.5. The Morgan fingerprint density at radius 1 is 1.18 bits per heavy atom. The Hall–Kier alpha value is -1.88. The maximum Gasteiger partial charge on any atom is 0.328 e. The third-order valence-electron chi connectivity index (χ3n) is 6.52. The number of nitrogens with zero attached hydrogens (tertiary/aromatic N) is 1. The molecule has 0 aromatic heterocycles. The summed E-state index contributed by atoms with van der Waals surface area (Å²) in [5.74, 6) is 0.200. The first kappa shape index (κ1) is 30.7. The van der Waals surface area contributed by atoms with Crippen LogP contribution in [0.1, 0.15) is 24.8 Å². The average Bonchev–Trinajstić information content (AvgIpc) is 2.86. The summed E-state index contributed by atoms with van der Waals surface area (Å²) in [6.07, 6.45) is 2.92. The molecule has 1 fully saturated rings. The van der Waals surface area contributed by atoms with Crippen LogP contribution in [0.5, 0.6) is 0 Å². The molecule has 3 rings (SSSR count). The van der Waals surface area contributed by atoms with Crippen molar-refractivity contribution in [2.45, 2.75) is 42.0 Å². The maximum absolute atomic E-state index is 12.3. The molecule has 12 heteroatoms. The van der Waals surface area contributed by atoms with E-state index in [1.807, 2.05) is 31.2 Å². The molecule has 1 aliphatic heterocycles. The summed E-state index contributed by atoms with van der Waals surface area (Å²) < 4.78 is 39.9. The van der Waals surface area contributed by atoms with E-state index in [1.54, 1.807) is 23.9 Å². The molecule has 38 heavy (non-hydrogen) atoms. The van der Waals surface area contributed by atoms with E-state index < -0.39 is 23.6 Å². The summed E-state index contributed by atoms with van der Waals surface area (Å²) >= 11 is 1.77. The Morgan fingerprint density at radius 3 is 2.47 bits per heavy atom. The molecule has 210 valence electrons. The Balaban J connectivity index is 1.55. The minimum atomic E-state index is -4.17. The number of rotatable bonds is 13. The number of thioether (sulfide) groups is 1. The van der Waals surface area contributed by atoms with Gasteiger partial charge in [-0.3, -0.25) is 9.36 Å². The zero-order valence-corrected chi connectivity index (χ0v) is 24.3. The van der Waals surface area contributed by atoms with E-state index in [0.29, 0.717) is 17.7 Å². The van der Waals surface area contributed by atoms with Crippen LogP contribution in [0.25, 0.3) is 0 Å². The number of sulfone groups is 1. The second-order valence-electron chi connectivity index (χ2n) is 9.67. The molecule has 1 atom stereocenters. The van der Waals surface area contributed by atoms with Crippen molar-refractivity contribution in [1.29, 1.82) is 0 Å². The van der Waals surface area contributed by atoms with Gasteiger partial charge in [0.2, 0.25) is 0 Å². The topological polar surface area (TPSA) is 133 Å². The van der Waals surface area contributed by atoms with Gasteiger partial charge in [0.05, 0.1) is 17.0 Å². The largest absolute Gasteiger partial charge is 0.465 e. The van der Waals surface area contributed by atoms with Gasteiger partial charge in [0.25, 0.3) is 0 Å². The zero-order chi connectivity index (χ0) is 27.8. The van der Waals surface area contributed by atoms with E-state index in [1.165, 1.54) is 11.2 Å². The van der Waals surface area contributed by atoms with Gasteiger partial charge in [-0.05, 0) is 75.2 Å².